The van der Waals surface area contributed by atoms with E-state index in [4.69, 9.17) is 5.73 Å². The van der Waals surface area contributed by atoms with Crippen LogP contribution in [0.4, 0.5) is 0 Å². The first-order valence-electron chi connectivity index (χ1n) is 5.69. The summed E-state index contributed by atoms with van der Waals surface area (Å²) in [6.07, 6.45) is 3.43. The third-order valence-corrected chi connectivity index (χ3v) is 3.72. The van der Waals surface area contributed by atoms with Gasteiger partial charge in [-0.15, -0.1) is 11.3 Å². The molecule has 0 unspecified atom stereocenters. The van der Waals surface area contributed by atoms with Crippen molar-refractivity contribution in [3.63, 3.8) is 0 Å². The Balaban J connectivity index is 1.87. The number of aryl methyl sites for hydroxylation is 1. The maximum absolute atomic E-state index is 5.87. The summed E-state index contributed by atoms with van der Waals surface area (Å²) in [6.45, 7) is 5.33. The quantitative estimate of drug-likeness (QED) is 0.847. The van der Waals surface area contributed by atoms with Crippen molar-refractivity contribution in [1.82, 2.24) is 9.88 Å². The van der Waals surface area contributed by atoms with Crippen LogP contribution >= 0.6 is 11.3 Å². The minimum atomic E-state index is 0.374. The van der Waals surface area contributed by atoms with Crippen molar-refractivity contribution in [2.45, 2.75) is 38.8 Å². The van der Waals surface area contributed by atoms with E-state index in [1.165, 1.54) is 17.1 Å². The summed E-state index contributed by atoms with van der Waals surface area (Å²) in [6, 6.07) is 0.374. The lowest BCUT2D eigenvalue weighted by atomic mass is 10.3. The molecule has 1 aliphatic rings. The fourth-order valence-electron chi connectivity index (χ4n) is 1.99. The van der Waals surface area contributed by atoms with E-state index in [2.05, 4.69) is 22.2 Å². The van der Waals surface area contributed by atoms with Gasteiger partial charge in [0.05, 0.1) is 10.7 Å². The minimum absolute atomic E-state index is 0.374. The Bertz CT molecular complexity index is 311. The topological polar surface area (TPSA) is 42.2 Å². The van der Waals surface area contributed by atoms with Gasteiger partial charge in [-0.05, 0) is 19.3 Å². The first-order valence-corrected chi connectivity index (χ1v) is 6.57. The molecule has 0 aliphatic carbocycles. The van der Waals surface area contributed by atoms with Gasteiger partial charge >= 0.3 is 0 Å². The fourth-order valence-corrected chi connectivity index (χ4v) is 2.88. The molecule has 4 heteroatoms. The number of thiazole rings is 1. The average Bonchev–Trinajstić information content (AvgIpc) is 2.78. The first kappa shape index (κ1) is 11.0. The molecular weight excluding hydrogens is 206 g/mol. The Labute approximate surface area is 95.3 Å². The Kier molecular flexibility index (Phi) is 3.72. The van der Waals surface area contributed by atoms with Gasteiger partial charge in [-0.2, -0.15) is 0 Å². The lowest BCUT2D eigenvalue weighted by Gasteiger charge is -2.12. The molecule has 1 fully saturated rings. The lowest BCUT2D eigenvalue weighted by molar-refractivity contribution is 0.323. The number of nitrogens with two attached hydrogens (primary N) is 1. The summed E-state index contributed by atoms with van der Waals surface area (Å²) in [5, 5.41) is 3.46. The summed E-state index contributed by atoms with van der Waals surface area (Å²) < 4.78 is 0. The molecule has 0 saturated carbocycles. The maximum atomic E-state index is 5.87. The fraction of sp³-hybridized carbons (Fsp3) is 0.727. The van der Waals surface area contributed by atoms with Crippen LogP contribution in [0.1, 0.15) is 30.5 Å². The monoisotopic (exact) mass is 225 g/mol. The Morgan fingerprint density at radius 3 is 3.20 bits per heavy atom. The van der Waals surface area contributed by atoms with Gasteiger partial charge in [0.2, 0.25) is 0 Å². The second-order valence-corrected chi connectivity index (χ2v) is 5.21. The van der Waals surface area contributed by atoms with Crippen molar-refractivity contribution < 1.29 is 0 Å². The van der Waals surface area contributed by atoms with Crippen molar-refractivity contribution in [2.24, 2.45) is 5.73 Å². The van der Waals surface area contributed by atoms with Crippen molar-refractivity contribution in [3.8, 4) is 0 Å². The third kappa shape index (κ3) is 3.00. The number of rotatable bonds is 4. The smallest absolute Gasteiger partial charge is 0.0928 e. The van der Waals surface area contributed by atoms with Gasteiger partial charge in [0.25, 0.3) is 0 Å². The van der Waals surface area contributed by atoms with E-state index < -0.39 is 0 Å². The highest BCUT2D eigenvalue weighted by Crippen LogP contribution is 2.16. The highest BCUT2D eigenvalue weighted by molar-refractivity contribution is 7.09. The molecule has 0 spiro atoms. The molecule has 0 bridgehead atoms. The normalized spacial score (nSPS) is 22.4. The molecule has 84 valence electrons. The molecule has 2 N–H and O–H groups in total. The number of nitrogens with zero attached hydrogens (tertiary/aromatic N) is 2. The highest BCUT2D eigenvalue weighted by Gasteiger charge is 2.19. The molecule has 0 radical (unpaired) electrons. The first-order chi connectivity index (χ1) is 7.28. The molecule has 1 saturated heterocycles. The van der Waals surface area contributed by atoms with E-state index in [9.17, 15) is 0 Å². The van der Waals surface area contributed by atoms with Crippen LogP contribution in [0.2, 0.25) is 0 Å². The second kappa shape index (κ2) is 5.05. The maximum Gasteiger partial charge on any atom is 0.0928 e. The molecule has 0 aromatic carbocycles. The SMILES string of the molecule is CCCc1nc(CN2CC[C@@H](N)C2)cs1. The van der Waals surface area contributed by atoms with Crippen LogP contribution in [0.5, 0.6) is 0 Å². The Morgan fingerprint density at radius 1 is 1.67 bits per heavy atom. The van der Waals surface area contributed by atoms with Crippen LogP contribution in [0.25, 0.3) is 0 Å². The summed E-state index contributed by atoms with van der Waals surface area (Å²) in [5.74, 6) is 0. The van der Waals surface area contributed by atoms with Crippen molar-refractivity contribution in [3.05, 3.63) is 16.1 Å². The Hall–Kier alpha value is -0.450. The third-order valence-electron chi connectivity index (χ3n) is 2.76. The summed E-state index contributed by atoms with van der Waals surface area (Å²) in [7, 11) is 0. The van der Waals surface area contributed by atoms with E-state index in [1.807, 2.05) is 0 Å². The minimum Gasteiger partial charge on any atom is -0.326 e. The predicted molar refractivity (Wildman–Crippen MR) is 64.0 cm³/mol. The molecule has 2 heterocycles. The zero-order valence-corrected chi connectivity index (χ0v) is 10.1. The standard InChI is InChI=1S/C11H19N3S/c1-2-3-11-13-10(8-15-11)7-14-5-4-9(12)6-14/h8-9H,2-7,12H2,1H3/t9-/m1/s1. The van der Waals surface area contributed by atoms with Crippen LogP contribution < -0.4 is 5.73 Å². The van der Waals surface area contributed by atoms with E-state index in [1.54, 1.807) is 11.3 Å². The predicted octanol–water partition coefficient (Wildman–Crippen LogP) is 1.63. The zero-order chi connectivity index (χ0) is 10.7. The molecule has 2 rings (SSSR count). The summed E-state index contributed by atoms with van der Waals surface area (Å²) in [5.41, 5.74) is 7.09. The van der Waals surface area contributed by atoms with Crippen LogP contribution in [0.3, 0.4) is 0 Å². The van der Waals surface area contributed by atoms with Gasteiger partial charge in [-0.1, -0.05) is 6.92 Å². The second-order valence-electron chi connectivity index (χ2n) is 4.27. The van der Waals surface area contributed by atoms with Crippen molar-refractivity contribution >= 4 is 11.3 Å². The summed E-state index contributed by atoms with van der Waals surface area (Å²) >= 11 is 1.79. The number of aromatic nitrogens is 1. The largest absolute Gasteiger partial charge is 0.326 e. The molecule has 15 heavy (non-hydrogen) atoms. The number of likely N-dealkylation sites (tertiary alicyclic amines) is 1. The average molecular weight is 225 g/mol. The van der Waals surface area contributed by atoms with Crippen LogP contribution in [0.15, 0.2) is 5.38 Å². The van der Waals surface area contributed by atoms with Gasteiger partial charge in [0.1, 0.15) is 0 Å². The van der Waals surface area contributed by atoms with E-state index in [0.717, 1.165) is 32.5 Å². The lowest BCUT2D eigenvalue weighted by Crippen LogP contribution is -2.26. The van der Waals surface area contributed by atoms with Crippen molar-refractivity contribution in [2.75, 3.05) is 13.1 Å². The van der Waals surface area contributed by atoms with Crippen LogP contribution in [0, 0.1) is 0 Å². The molecule has 1 aliphatic heterocycles. The molecular formula is C11H19N3S. The summed E-state index contributed by atoms with van der Waals surface area (Å²) in [4.78, 5) is 7.02. The van der Waals surface area contributed by atoms with E-state index in [0.29, 0.717) is 6.04 Å². The molecule has 1 aromatic heterocycles. The number of hydrogen-bond donors (Lipinski definition) is 1. The van der Waals surface area contributed by atoms with Gasteiger partial charge in [0, 0.05) is 31.1 Å². The molecule has 1 aromatic rings. The Morgan fingerprint density at radius 2 is 2.53 bits per heavy atom. The van der Waals surface area contributed by atoms with Gasteiger partial charge < -0.3 is 5.73 Å². The van der Waals surface area contributed by atoms with Crippen LogP contribution in [-0.2, 0) is 13.0 Å². The number of hydrogen-bond acceptors (Lipinski definition) is 4. The molecule has 0 amide bonds. The molecule has 1 atom stereocenters. The van der Waals surface area contributed by atoms with E-state index >= 15 is 0 Å². The van der Waals surface area contributed by atoms with Gasteiger partial charge in [0.15, 0.2) is 0 Å². The van der Waals surface area contributed by atoms with Crippen LogP contribution in [-0.4, -0.2) is 29.0 Å². The zero-order valence-electron chi connectivity index (χ0n) is 9.28. The highest BCUT2D eigenvalue weighted by atomic mass is 32.1. The van der Waals surface area contributed by atoms with Gasteiger partial charge in [-0.25, -0.2) is 4.98 Å². The van der Waals surface area contributed by atoms with Crippen molar-refractivity contribution in [1.29, 1.82) is 0 Å². The van der Waals surface area contributed by atoms with E-state index in [-0.39, 0.29) is 0 Å². The van der Waals surface area contributed by atoms with Gasteiger partial charge in [-0.3, -0.25) is 4.90 Å². The molecule has 3 nitrogen and oxygen atoms in total.